The molecule has 3 heteroatoms. The van der Waals surface area contributed by atoms with Crippen LogP contribution in [0.2, 0.25) is 0 Å². The van der Waals surface area contributed by atoms with E-state index in [0.29, 0.717) is 6.42 Å². The average molecular weight is 232 g/mol. The zero-order valence-electron chi connectivity index (χ0n) is 9.94. The number of carbonyl (C=O) groups is 2. The molecule has 0 saturated carbocycles. The third-order valence-electron chi connectivity index (χ3n) is 2.39. The molecule has 0 radical (unpaired) electrons. The van der Waals surface area contributed by atoms with Gasteiger partial charge in [-0.25, -0.2) is 4.79 Å². The highest BCUT2D eigenvalue weighted by molar-refractivity contribution is 6.33. The van der Waals surface area contributed by atoms with Crippen LogP contribution in [0.15, 0.2) is 30.8 Å². The number of carbonyl (C=O) groups excluding carboxylic acids is 2. The van der Waals surface area contributed by atoms with E-state index in [2.05, 4.69) is 6.58 Å². The summed E-state index contributed by atoms with van der Waals surface area (Å²) in [5.74, 6) is -1.22. The van der Waals surface area contributed by atoms with E-state index in [0.717, 1.165) is 11.1 Å². The van der Waals surface area contributed by atoms with Crippen LogP contribution in [-0.4, -0.2) is 18.4 Å². The van der Waals surface area contributed by atoms with Gasteiger partial charge in [-0.3, -0.25) is 4.79 Å². The smallest absolute Gasteiger partial charge is 0.374 e. The molecule has 0 atom stereocenters. The molecule has 0 amide bonds. The Kier molecular flexibility index (Phi) is 5.14. The van der Waals surface area contributed by atoms with E-state index in [4.69, 9.17) is 4.74 Å². The molecule has 17 heavy (non-hydrogen) atoms. The van der Waals surface area contributed by atoms with E-state index in [1.165, 1.54) is 0 Å². The third kappa shape index (κ3) is 4.23. The van der Waals surface area contributed by atoms with Gasteiger partial charge in [0.2, 0.25) is 5.78 Å². The summed E-state index contributed by atoms with van der Waals surface area (Å²) in [5, 5.41) is 0. The molecule has 0 aromatic heterocycles. The molecule has 0 spiro atoms. The van der Waals surface area contributed by atoms with E-state index in [1.807, 2.05) is 24.3 Å². The highest BCUT2D eigenvalue weighted by Crippen LogP contribution is 2.06. The molecule has 0 unspecified atom stereocenters. The first-order valence-corrected chi connectivity index (χ1v) is 5.58. The summed E-state index contributed by atoms with van der Waals surface area (Å²) >= 11 is 0. The topological polar surface area (TPSA) is 43.4 Å². The van der Waals surface area contributed by atoms with Gasteiger partial charge < -0.3 is 4.74 Å². The average Bonchev–Trinajstić information content (AvgIpc) is 2.38. The van der Waals surface area contributed by atoms with Crippen molar-refractivity contribution < 1.29 is 14.3 Å². The lowest BCUT2D eigenvalue weighted by Crippen LogP contribution is -2.17. The van der Waals surface area contributed by atoms with Crippen molar-refractivity contribution in [3.63, 3.8) is 0 Å². The minimum absolute atomic E-state index is 0.187. The normalized spacial score (nSPS) is 9.71. The van der Waals surface area contributed by atoms with Gasteiger partial charge in [0.15, 0.2) is 0 Å². The molecule has 0 aliphatic carbocycles. The first kappa shape index (κ1) is 13.2. The molecule has 0 fully saturated rings. The second kappa shape index (κ2) is 6.63. The van der Waals surface area contributed by atoms with Crippen LogP contribution in [0.25, 0.3) is 6.08 Å². The lowest BCUT2D eigenvalue weighted by molar-refractivity contribution is -0.153. The Morgan fingerprint density at radius 2 is 1.94 bits per heavy atom. The quantitative estimate of drug-likeness (QED) is 0.558. The van der Waals surface area contributed by atoms with Crippen LogP contribution in [0, 0.1) is 0 Å². The lowest BCUT2D eigenvalue weighted by atomic mass is 10.1. The molecule has 1 aromatic rings. The van der Waals surface area contributed by atoms with Crippen molar-refractivity contribution in [1.29, 1.82) is 0 Å². The monoisotopic (exact) mass is 232 g/mol. The zero-order chi connectivity index (χ0) is 12.7. The second-order valence-corrected chi connectivity index (χ2v) is 3.61. The first-order chi connectivity index (χ1) is 8.17. The van der Waals surface area contributed by atoms with Gasteiger partial charge in [0, 0.05) is 12.8 Å². The maximum absolute atomic E-state index is 11.1. The highest BCUT2D eigenvalue weighted by Gasteiger charge is 2.11. The summed E-state index contributed by atoms with van der Waals surface area (Å²) in [7, 11) is 0. The van der Waals surface area contributed by atoms with Crippen LogP contribution in [0.4, 0.5) is 0 Å². The summed E-state index contributed by atoms with van der Waals surface area (Å²) in [4.78, 5) is 22.0. The maximum Gasteiger partial charge on any atom is 0.374 e. The minimum Gasteiger partial charge on any atom is -0.460 e. The van der Waals surface area contributed by atoms with Crippen molar-refractivity contribution >= 4 is 17.8 Å². The van der Waals surface area contributed by atoms with Gasteiger partial charge in [-0.05, 0) is 11.1 Å². The Hall–Kier alpha value is -1.90. The standard InChI is InChI=1S/C14H16O3/c1-3-11-5-7-12(8-6-11)9-10-17-14(16)13(15)4-2/h3,5-8H,1,4,9-10H2,2H3. The van der Waals surface area contributed by atoms with Gasteiger partial charge in [-0.2, -0.15) is 0 Å². The van der Waals surface area contributed by atoms with E-state index in [1.54, 1.807) is 13.0 Å². The molecule has 1 rings (SSSR count). The van der Waals surface area contributed by atoms with Crippen LogP contribution in [0.3, 0.4) is 0 Å². The number of ketones is 1. The van der Waals surface area contributed by atoms with Crippen molar-refractivity contribution in [2.45, 2.75) is 19.8 Å². The fourth-order valence-electron chi connectivity index (χ4n) is 1.31. The number of hydrogen-bond acceptors (Lipinski definition) is 3. The van der Waals surface area contributed by atoms with Crippen molar-refractivity contribution in [3.8, 4) is 0 Å². The first-order valence-electron chi connectivity index (χ1n) is 5.58. The number of esters is 1. The minimum atomic E-state index is -0.741. The molecule has 3 nitrogen and oxygen atoms in total. The van der Waals surface area contributed by atoms with Crippen molar-refractivity contribution in [2.24, 2.45) is 0 Å². The fraction of sp³-hybridized carbons (Fsp3) is 0.286. The van der Waals surface area contributed by atoms with Gasteiger partial charge in [0.25, 0.3) is 0 Å². The van der Waals surface area contributed by atoms with Gasteiger partial charge in [0.1, 0.15) is 0 Å². The molecule has 0 aliphatic heterocycles. The maximum atomic E-state index is 11.1. The Morgan fingerprint density at radius 3 is 2.47 bits per heavy atom. The highest BCUT2D eigenvalue weighted by atomic mass is 16.5. The molecular weight excluding hydrogens is 216 g/mol. The molecular formula is C14H16O3. The summed E-state index contributed by atoms with van der Waals surface area (Å²) in [6.45, 7) is 5.54. The van der Waals surface area contributed by atoms with E-state index in [9.17, 15) is 9.59 Å². The summed E-state index contributed by atoms with van der Waals surface area (Å²) in [6.07, 6.45) is 2.57. The Balaban J connectivity index is 2.38. The van der Waals surface area contributed by atoms with E-state index >= 15 is 0 Å². The van der Waals surface area contributed by atoms with Gasteiger partial charge >= 0.3 is 5.97 Å². The molecule has 90 valence electrons. The Morgan fingerprint density at radius 1 is 1.29 bits per heavy atom. The van der Waals surface area contributed by atoms with Crippen LogP contribution in [-0.2, 0) is 20.7 Å². The predicted octanol–water partition coefficient (Wildman–Crippen LogP) is 2.39. The number of rotatable bonds is 6. The molecule has 0 aliphatic rings. The largest absolute Gasteiger partial charge is 0.460 e. The summed E-state index contributed by atoms with van der Waals surface area (Å²) in [6, 6.07) is 7.79. The molecule has 0 heterocycles. The van der Waals surface area contributed by atoms with Crippen LogP contribution in [0.5, 0.6) is 0 Å². The second-order valence-electron chi connectivity index (χ2n) is 3.61. The zero-order valence-corrected chi connectivity index (χ0v) is 9.94. The number of benzene rings is 1. The number of hydrogen-bond donors (Lipinski definition) is 0. The van der Waals surface area contributed by atoms with Crippen LogP contribution >= 0.6 is 0 Å². The number of ether oxygens (including phenoxy) is 1. The molecule has 0 bridgehead atoms. The van der Waals surface area contributed by atoms with Crippen molar-refractivity contribution in [3.05, 3.63) is 42.0 Å². The van der Waals surface area contributed by atoms with Crippen molar-refractivity contribution in [1.82, 2.24) is 0 Å². The third-order valence-corrected chi connectivity index (χ3v) is 2.39. The van der Waals surface area contributed by atoms with Gasteiger partial charge in [-0.1, -0.05) is 43.8 Å². The Labute approximate surface area is 101 Å². The summed E-state index contributed by atoms with van der Waals surface area (Å²) < 4.78 is 4.85. The SMILES string of the molecule is C=Cc1ccc(CCOC(=O)C(=O)CC)cc1. The van der Waals surface area contributed by atoms with Gasteiger partial charge in [0.05, 0.1) is 6.61 Å². The Bertz CT molecular complexity index is 404. The summed E-state index contributed by atoms with van der Waals surface area (Å²) in [5.41, 5.74) is 2.11. The van der Waals surface area contributed by atoms with E-state index < -0.39 is 11.8 Å². The molecule has 0 N–H and O–H groups in total. The number of Topliss-reactive ketones (excluding diaryl/α,β-unsaturated/α-hetero) is 1. The van der Waals surface area contributed by atoms with Crippen molar-refractivity contribution in [2.75, 3.05) is 6.61 Å². The lowest BCUT2D eigenvalue weighted by Gasteiger charge is -2.03. The molecule has 1 aromatic carbocycles. The molecule has 0 saturated heterocycles. The van der Waals surface area contributed by atoms with Gasteiger partial charge in [-0.15, -0.1) is 0 Å². The van der Waals surface area contributed by atoms with E-state index in [-0.39, 0.29) is 13.0 Å². The predicted molar refractivity (Wildman–Crippen MR) is 66.5 cm³/mol. The van der Waals surface area contributed by atoms with Crippen LogP contribution < -0.4 is 0 Å². The van der Waals surface area contributed by atoms with Crippen LogP contribution in [0.1, 0.15) is 24.5 Å². The fourth-order valence-corrected chi connectivity index (χ4v) is 1.31.